The second-order valence-electron chi connectivity index (χ2n) is 5.48. The van der Waals surface area contributed by atoms with E-state index in [-0.39, 0.29) is 24.7 Å². The molecule has 1 aliphatic heterocycles. The average molecular weight is 339 g/mol. The van der Waals surface area contributed by atoms with Gasteiger partial charge in [-0.3, -0.25) is 14.4 Å². The number of carboxylic acid groups (broad SMARTS) is 1. The first kappa shape index (κ1) is 17.3. The Morgan fingerprint density at radius 3 is 2.74 bits per heavy atom. The molecule has 2 N–H and O–H groups in total. The van der Waals surface area contributed by atoms with Gasteiger partial charge in [0.1, 0.15) is 6.04 Å². The first-order valence-electron chi connectivity index (χ1n) is 7.55. The van der Waals surface area contributed by atoms with Gasteiger partial charge in [-0.05, 0) is 37.5 Å². The number of halogens is 1. The zero-order valence-electron chi connectivity index (χ0n) is 12.6. The molecule has 7 heteroatoms. The molecule has 1 aliphatic rings. The predicted octanol–water partition coefficient (Wildman–Crippen LogP) is 2.21. The fraction of sp³-hybridized carbons (Fsp3) is 0.438. The second kappa shape index (κ2) is 7.97. The number of anilines is 1. The minimum Gasteiger partial charge on any atom is -0.481 e. The van der Waals surface area contributed by atoms with Gasteiger partial charge in [-0.2, -0.15) is 0 Å². The summed E-state index contributed by atoms with van der Waals surface area (Å²) in [6, 6.07) is 6.51. The maximum atomic E-state index is 12.4. The molecular formula is C16H19ClN2O4. The molecular weight excluding hydrogens is 320 g/mol. The molecule has 0 radical (unpaired) electrons. The number of carboxylic acids is 1. The summed E-state index contributed by atoms with van der Waals surface area (Å²) in [6.45, 7) is 0.531. The summed E-state index contributed by atoms with van der Waals surface area (Å²) in [6.07, 6.45) is 1.78. The van der Waals surface area contributed by atoms with Gasteiger partial charge in [0.2, 0.25) is 11.8 Å². The summed E-state index contributed by atoms with van der Waals surface area (Å²) in [5, 5.41) is 11.8. The molecule has 1 saturated heterocycles. The normalized spacial score (nSPS) is 17.3. The van der Waals surface area contributed by atoms with Gasteiger partial charge < -0.3 is 15.3 Å². The minimum atomic E-state index is -0.867. The highest BCUT2D eigenvalue weighted by Gasteiger charge is 2.33. The molecule has 2 rings (SSSR count). The van der Waals surface area contributed by atoms with E-state index in [0.29, 0.717) is 30.8 Å². The van der Waals surface area contributed by atoms with Crippen molar-refractivity contribution in [1.82, 2.24) is 5.32 Å². The lowest BCUT2D eigenvalue weighted by Crippen LogP contribution is -2.41. The summed E-state index contributed by atoms with van der Waals surface area (Å²) in [7, 11) is 0. The zero-order valence-corrected chi connectivity index (χ0v) is 13.4. The van der Waals surface area contributed by atoms with Crippen LogP contribution in [0, 0.1) is 0 Å². The van der Waals surface area contributed by atoms with Crippen molar-refractivity contribution < 1.29 is 19.5 Å². The van der Waals surface area contributed by atoms with Gasteiger partial charge in [0.25, 0.3) is 0 Å². The zero-order chi connectivity index (χ0) is 16.8. The number of carbonyl (C=O) groups excluding carboxylic acids is 2. The van der Waals surface area contributed by atoms with Crippen molar-refractivity contribution in [3.63, 3.8) is 0 Å². The third kappa shape index (κ3) is 4.96. The number of rotatable bonds is 7. The van der Waals surface area contributed by atoms with Gasteiger partial charge in [0, 0.05) is 30.1 Å². The highest BCUT2D eigenvalue weighted by molar-refractivity contribution is 6.31. The summed E-state index contributed by atoms with van der Waals surface area (Å²) in [5.74, 6) is -1.23. The quantitative estimate of drug-likeness (QED) is 0.746. The van der Waals surface area contributed by atoms with E-state index in [1.165, 1.54) is 0 Å². The van der Waals surface area contributed by atoms with E-state index in [1.807, 2.05) is 0 Å². The number of nitrogens with one attached hydrogen (secondary N) is 1. The molecule has 0 saturated carbocycles. The van der Waals surface area contributed by atoms with Crippen LogP contribution >= 0.6 is 11.6 Å². The maximum absolute atomic E-state index is 12.4. The van der Waals surface area contributed by atoms with Crippen LogP contribution in [0.4, 0.5) is 5.69 Å². The summed E-state index contributed by atoms with van der Waals surface area (Å²) in [5.41, 5.74) is 0.723. The van der Waals surface area contributed by atoms with E-state index < -0.39 is 12.0 Å². The van der Waals surface area contributed by atoms with Crippen molar-refractivity contribution in [3.05, 3.63) is 29.3 Å². The molecule has 1 unspecified atom stereocenters. The molecule has 0 aromatic heterocycles. The van der Waals surface area contributed by atoms with E-state index in [0.717, 1.165) is 5.69 Å². The van der Waals surface area contributed by atoms with Crippen LogP contribution in [0.1, 0.15) is 32.1 Å². The van der Waals surface area contributed by atoms with E-state index in [9.17, 15) is 14.4 Å². The molecule has 1 fully saturated rings. The lowest BCUT2D eigenvalue weighted by atomic mass is 10.1. The largest absolute Gasteiger partial charge is 0.481 e. The number of carbonyl (C=O) groups is 3. The number of benzene rings is 1. The number of aliphatic carboxylic acids is 1. The smallest absolute Gasteiger partial charge is 0.303 e. The van der Waals surface area contributed by atoms with Gasteiger partial charge in [-0.1, -0.05) is 17.7 Å². The van der Waals surface area contributed by atoms with Gasteiger partial charge in [-0.15, -0.1) is 0 Å². The Morgan fingerprint density at radius 1 is 1.30 bits per heavy atom. The highest BCUT2D eigenvalue weighted by atomic mass is 35.5. The number of hydrogen-bond donors (Lipinski definition) is 2. The van der Waals surface area contributed by atoms with E-state index in [1.54, 1.807) is 29.2 Å². The lowest BCUT2D eigenvalue weighted by molar-refractivity contribution is -0.137. The van der Waals surface area contributed by atoms with Crippen molar-refractivity contribution in [2.75, 3.05) is 11.4 Å². The van der Waals surface area contributed by atoms with Crippen LogP contribution < -0.4 is 10.2 Å². The Balaban J connectivity index is 1.82. The van der Waals surface area contributed by atoms with Crippen molar-refractivity contribution in [2.24, 2.45) is 0 Å². The maximum Gasteiger partial charge on any atom is 0.303 e. The van der Waals surface area contributed by atoms with Crippen molar-refractivity contribution in [1.29, 1.82) is 0 Å². The summed E-state index contributed by atoms with van der Waals surface area (Å²) < 4.78 is 0. The van der Waals surface area contributed by atoms with Crippen LogP contribution in [0.3, 0.4) is 0 Å². The third-order valence-electron chi connectivity index (χ3n) is 3.71. The molecule has 6 nitrogen and oxygen atoms in total. The van der Waals surface area contributed by atoms with Gasteiger partial charge >= 0.3 is 5.97 Å². The van der Waals surface area contributed by atoms with Crippen LogP contribution in [0.5, 0.6) is 0 Å². The highest BCUT2D eigenvalue weighted by Crippen LogP contribution is 2.24. The average Bonchev–Trinajstić information content (AvgIpc) is 2.85. The second-order valence-corrected chi connectivity index (χ2v) is 5.92. The monoisotopic (exact) mass is 338 g/mol. The standard InChI is InChI=1S/C16H19ClN2O4/c17-11-4-3-5-12(10-11)19-9-8-13(16(19)23)18-14(20)6-1-2-7-15(21)22/h3-5,10,13H,1-2,6-9H2,(H,18,20)(H,21,22). The van der Waals surface area contributed by atoms with Crippen LogP contribution in [-0.2, 0) is 14.4 Å². The predicted molar refractivity (Wildman–Crippen MR) is 86.5 cm³/mol. The van der Waals surface area contributed by atoms with Crippen LogP contribution in [0.15, 0.2) is 24.3 Å². The molecule has 1 atom stereocenters. The van der Waals surface area contributed by atoms with Gasteiger partial charge in [0.15, 0.2) is 0 Å². The number of amides is 2. The van der Waals surface area contributed by atoms with Crippen molar-refractivity contribution in [3.8, 4) is 0 Å². The van der Waals surface area contributed by atoms with Gasteiger partial charge in [0.05, 0.1) is 0 Å². The SMILES string of the molecule is O=C(O)CCCCC(=O)NC1CCN(c2cccc(Cl)c2)C1=O. The molecule has 124 valence electrons. The summed E-state index contributed by atoms with van der Waals surface area (Å²) >= 11 is 5.94. The van der Waals surface area contributed by atoms with E-state index >= 15 is 0 Å². The molecule has 0 spiro atoms. The molecule has 0 aliphatic carbocycles. The van der Waals surface area contributed by atoms with Crippen molar-refractivity contribution in [2.45, 2.75) is 38.1 Å². The third-order valence-corrected chi connectivity index (χ3v) is 3.94. The van der Waals surface area contributed by atoms with Crippen LogP contribution in [0.25, 0.3) is 0 Å². The molecule has 2 amide bonds. The molecule has 1 aromatic carbocycles. The number of unbranched alkanes of at least 4 members (excludes halogenated alkanes) is 1. The van der Waals surface area contributed by atoms with E-state index in [4.69, 9.17) is 16.7 Å². The molecule has 23 heavy (non-hydrogen) atoms. The van der Waals surface area contributed by atoms with E-state index in [2.05, 4.69) is 5.32 Å². The van der Waals surface area contributed by atoms with Crippen LogP contribution in [-0.4, -0.2) is 35.5 Å². The molecule has 1 heterocycles. The fourth-order valence-corrected chi connectivity index (χ4v) is 2.73. The van der Waals surface area contributed by atoms with Crippen LogP contribution in [0.2, 0.25) is 5.02 Å². The fourth-order valence-electron chi connectivity index (χ4n) is 2.54. The van der Waals surface area contributed by atoms with Crippen molar-refractivity contribution >= 4 is 35.1 Å². The Kier molecular flexibility index (Phi) is 5.98. The Labute approximate surface area is 139 Å². The number of nitrogens with zero attached hydrogens (tertiary/aromatic N) is 1. The number of hydrogen-bond acceptors (Lipinski definition) is 3. The molecule has 1 aromatic rings. The minimum absolute atomic E-state index is 0.0538. The lowest BCUT2D eigenvalue weighted by Gasteiger charge is -2.17. The molecule has 0 bridgehead atoms. The first-order valence-corrected chi connectivity index (χ1v) is 7.93. The first-order chi connectivity index (χ1) is 11.0. The Hall–Kier alpha value is -2.08. The Morgan fingerprint density at radius 2 is 2.04 bits per heavy atom. The topological polar surface area (TPSA) is 86.7 Å². The van der Waals surface area contributed by atoms with Gasteiger partial charge in [-0.25, -0.2) is 0 Å². The summed E-state index contributed by atoms with van der Waals surface area (Å²) in [4.78, 5) is 36.2. The Bertz CT molecular complexity index is 605.